The van der Waals surface area contributed by atoms with Crippen molar-refractivity contribution in [3.8, 4) is 22.3 Å². The van der Waals surface area contributed by atoms with E-state index in [1.165, 1.54) is 29.9 Å². The van der Waals surface area contributed by atoms with E-state index >= 15 is 0 Å². The first-order valence-electron chi connectivity index (χ1n) is 9.81. The molecule has 1 heterocycles. The van der Waals surface area contributed by atoms with Crippen molar-refractivity contribution >= 4 is 17.3 Å². The third-order valence-electron chi connectivity index (χ3n) is 5.01. The summed E-state index contributed by atoms with van der Waals surface area (Å²) in [6.07, 6.45) is 4.06. The fourth-order valence-corrected chi connectivity index (χ4v) is 4.47. The molecule has 1 aliphatic carbocycles. The van der Waals surface area contributed by atoms with Crippen LogP contribution in [0.4, 0.5) is 4.39 Å². The van der Waals surface area contributed by atoms with Gasteiger partial charge in [-0.2, -0.15) is 0 Å². The zero-order valence-electron chi connectivity index (χ0n) is 16.0. The molecule has 4 heteroatoms. The van der Waals surface area contributed by atoms with E-state index in [4.69, 9.17) is 5.11 Å². The van der Waals surface area contributed by atoms with Gasteiger partial charge in [0.1, 0.15) is 5.82 Å². The second kappa shape index (κ2) is 8.63. The quantitative estimate of drug-likeness (QED) is 0.494. The molecule has 2 aromatic carbocycles. The lowest BCUT2D eigenvalue weighted by atomic mass is 10.0. The number of thiophene rings is 1. The van der Waals surface area contributed by atoms with E-state index in [0.717, 1.165) is 28.0 Å². The molecule has 0 unspecified atom stereocenters. The predicted molar refractivity (Wildman–Crippen MR) is 115 cm³/mol. The van der Waals surface area contributed by atoms with Gasteiger partial charge >= 0.3 is 5.97 Å². The molecular formula is C25H21FO2S. The van der Waals surface area contributed by atoms with Crippen molar-refractivity contribution in [1.82, 2.24) is 0 Å². The van der Waals surface area contributed by atoms with Crippen LogP contribution in [-0.4, -0.2) is 11.1 Å². The number of aliphatic carboxylic acids is 1. The lowest BCUT2D eigenvalue weighted by Gasteiger charge is -2.03. The molecule has 1 saturated carbocycles. The van der Waals surface area contributed by atoms with E-state index in [2.05, 4.69) is 24.0 Å². The maximum atomic E-state index is 13.9. The number of carbonyl (C=O) groups is 1. The topological polar surface area (TPSA) is 37.3 Å². The van der Waals surface area contributed by atoms with Crippen LogP contribution in [0.2, 0.25) is 0 Å². The van der Waals surface area contributed by atoms with Gasteiger partial charge in [-0.3, -0.25) is 4.79 Å². The number of halogens is 1. The molecule has 29 heavy (non-hydrogen) atoms. The van der Waals surface area contributed by atoms with Crippen LogP contribution in [0.3, 0.4) is 0 Å². The predicted octanol–water partition coefficient (Wildman–Crippen LogP) is 6.24. The maximum absolute atomic E-state index is 13.9. The Morgan fingerprint density at radius 2 is 1.86 bits per heavy atom. The van der Waals surface area contributed by atoms with Gasteiger partial charge in [-0.25, -0.2) is 4.39 Å². The van der Waals surface area contributed by atoms with Gasteiger partial charge in [0.25, 0.3) is 0 Å². The molecule has 0 aliphatic heterocycles. The first-order chi connectivity index (χ1) is 14.1. The largest absolute Gasteiger partial charge is 0.481 e. The Kier molecular flexibility index (Phi) is 5.78. The minimum atomic E-state index is -0.770. The number of rotatable bonds is 6. The molecule has 1 aromatic heterocycles. The van der Waals surface area contributed by atoms with Crippen LogP contribution in [-0.2, 0) is 11.2 Å². The average molecular weight is 405 g/mol. The van der Waals surface area contributed by atoms with E-state index in [0.29, 0.717) is 17.9 Å². The first kappa shape index (κ1) is 19.4. The minimum absolute atomic E-state index is 0.176. The molecule has 0 radical (unpaired) electrons. The molecule has 146 valence electrons. The van der Waals surface area contributed by atoms with E-state index in [1.54, 1.807) is 11.3 Å². The van der Waals surface area contributed by atoms with Gasteiger partial charge in [0.15, 0.2) is 0 Å². The van der Waals surface area contributed by atoms with Gasteiger partial charge in [0.05, 0.1) is 0 Å². The summed E-state index contributed by atoms with van der Waals surface area (Å²) in [5.74, 6) is 5.93. The van der Waals surface area contributed by atoms with Crippen LogP contribution in [0.5, 0.6) is 0 Å². The molecule has 4 rings (SSSR count). The average Bonchev–Trinajstić information content (AvgIpc) is 3.44. The van der Waals surface area contributed by atoms with Gasteiger partial charge in [-0.1, -0.05) is 24.0 Å². The lowest BCUT2D eigenvalue weighted by molar-refractivity contribution is -0.137. The number of aryl methyl sites for hydroxylation is 1. The van der Waals surface area contributed by atoms with Gasteiger partial charge in [0.2, 0.25) is 0 Å². The molecule has 1 N–H and O–H groups in total. The van der Waals surface area contributed by atoms with Crippen LogP contribution in [0.25, 0.3) is 10.4 Å². The highest BCUT2D eigenvalue weighted by Gasteiger charge is 2.25. The van der Waals surface area contributed by atoms with E-state index < -0.39 is 5.97 Å². The van der Waals surface area contributed by atoms with Crippen molar-refractivity contribution < 1.29 is 14.3 Å². The molecule has 0 bridgehead atoms. The first-order valence-corrected chi connectivity index (χ1v) is 10.6. The lowest BCUT2D eigenvalue weighted by Crippen LogP contribution is -1.95. The van der Waals surface area contributed by atoms with Crippen LogP contribution in [0.15, 0.2) is 54.6 Å². The fraction of sp³-hybridized carbons (Fsp3) is 0.240. The van der Waals surface area contributed by atoms with E-state index in [9.17, 15) is 9.18 Å². The number of carboxylic acid groups (broad SMARTS) is 1. The summed E-state index contributed by atoms with van der Waals surface area (Å²) in [5, 5.41) is 8.73. The number of carboxylic acids is 1. The molecule has 0 atom stereocenters. The maximum Gasteiger partial charge on any atom is 0.303 e. The van der Waals surface area contributed by atoms with Crippen molar-refractivity contribution in [3.05, 3.63) is 82.0 Å². The van der Waals surface area contributed by atoms with Crippen molar-refractivity contribution in [2.75, 3.05) is 0 Å². The second-order valence-electron chi connectivity index (χ2n) is 7.36. The third-order valence-corrected chi connectivity index (χ3v) is 6.29. The molecule has 1 aliphatic rings. The number of benzene rings is 2. The molecular weight excluding hydrogens is 383 g/mol. The zero-order valence-corrected chi connectivity index (χ0v) is 16.8. The summed E-state index contributed by atoms with van der Waals surface area (Å²) in [7, 11) is 0. The van der Waals surface area contributed by atoms with Crippen molar-refractivity contribution in [1.29, 1.82) is 0 Å². The summed E-state index contributed by atoms with van der Waals surface area (Å²) in [6, 6.07) is 16.9. The highest BCUT2D eigenvalue weighted by molar-refractivity contribution is 7.15. The van der Waals surface area contributed by atoms with Crippen molar-refractivity contribution in [2.24, 2.45) is 0 Å². The highest BCUT2D eigenvalue weighted by Crippen LogP contribution is 2.45. The van der Waals surface area contributed by atoms with Crippen LogP contribution >= 0.6 is 11.3 Å². The van der Waals surface area contributed by atoms with Gasteiger partial charge < -0.3 is 5.11 Å². The third kappa shape index (κ3) is 5.13. The van der Waals surface area contributed by atoms with Gasteiger partial charge in [0, 0.05) is 32.9 Å². The van der Waals surface area contributed by atoms with E-state index in [-0.39, 0.29) is 12.2 Å². The molecule has 0 spiro atoms. The second-order valence-corrected chi connectivity index (χ2v) is 8.48. The fourth-order valence-electron chi connectivity index (χ4n) is 3.26. The van der Waals surface area contributed by atoms with Crippen LogP contribution < -0.4 is 0 Å². The zero-order chi connectivity index (χ0) is 20.2. The summed E-state index contributed by atoms with van der Waals surface area (Å²) >= 11 is 1.78. The van der Waals surface area contributed by atoms with Crippen LogP contribution in [0, 0.1) is 17.7 Å². The Balaban J connectivity index is 1.53. The van der Waals surface area contributed by atoms with Crippen molar-refractivity contribution in [3.63, 3.8) is 0 Å². The van der Waals surface area contributed by atoms with Gasteiger partial charge in [-0.15, -0.1) is 11.3 Å². The van der Waals surface area contributed by atoms with Crippen molar-refractivity contribution in [2.45, 2.75) is 38.0 Å². The Hall–Kier alpha value is -2.90. The smallest absolute Gasteiger partial charge is 0.303 e. The standard InChI is InChI=1S/C25H21FO2S/c26-21-12-13-22(24-15-14-23(29-24)19-10-11-19)20(16-21)9-8-18-6-4-17(5-7-18)2-1-3-25(27)28/h4-7,12-16,19H,1-3,10-11H2,(H,27,28). The normalized spacial score (nSPS) is 13.0. The molecule has 3 aromatic rings. The Morgan fingerprint density at radius 1 is 1.07 bits per heavy atom. The Labute approximate surface area is 174 Å². The van der Waals surface area contributed by atoms with Gasteiger partial charge in [-0.05, 0) is 79.6 Å². The SMILES string of the molecule is O=C(O)CCCc1ccc(C#Cc2cc(F)ccc2-c2ccc(C3CC3)s2)cc1. The highest BCUT2D eigenvalue weighted by atomic mass is 32.1. The molecule has 2 nitrogen and oxygen atoms in total. The van der Waals surface area contributed by atoms with E-state index in [1.807, 2.05) is 30.3 Å². The summed E-state index contributed by atoms with van der Waals surface area (Å²) in [5.41, 5.74) is 3.61. The van der Waals surface area contributed by atoms with Crippen LogP contribution in [0.1, 0.15) is 53.2 Å². The summed E-state index contributed by atoms with van der Waals surface area (Å²) < 4.78 is 13.9. The molecule has 1 fully saturated rings. The molecule has 0 saturated heterocycles. The Bertz CT molecular complexity index is 1080. The summed E-state index contributed by atoms with van der Waals surface area (Å²) in [4.78, 5) is 13.1. The number of hydrogen-bond acceptors (Lipinski definition) is 2. The number of hydrogen-bond donors (Lipinski definition) is 1. The minimum Gasteiger partial charge on any atom is -0.481 e. The Morgan fingerprint density at radius 3 is 2.59 bits per heavy atom. The summed E-state index contributed by atoms with van der Waals surface area (Å²) in [6.45, 7) is 0. The molecule has 0 amide bonds. The monoisotopic (exact) mass is 404 g/mol.